The van der Waals surface area contributed by atoms with Crippen LogP contribution >= 0.6 is 0 Å². The first-order valence-corrected chi connectivity index (χ1v) is 9.64. The summed E-state index contributed by atoms with van der Waals surface area (Å²) >= 11 is 0. The van der Waals surface area contributed by atoms with E-state index in [0.717, 1.165) is 11.3 Å². The normalized spacial score (nSPS) is 15.1. The molecule has 0 aliphatic carbocycles. The molecule has 1 heterocycles. The average Bonchev–Trinajstić information content (AvgIpc) is 2.75. The first kappa shape index (κ1) is 20.8. The third kappa shape index (κ3) is 5.56. The summed E-state index contributed by atoms with van der Waals surface area (Å²) in [5.41, 5.74) is 1.55. The van der Waals surface area contributed by atoms with Crippen LogP contribution < -0.4 is 10.1 Å². The summed E-state index contributed by atoms with van der Waals surface area (Å²) in [6.07, 6.45) is 0. The maximum absolute atomic E-state index is 13.2. The van der Waals surface area contributed by atoms with Crippen LogP contribution in [0.3, 0.4) is 0 Å². The molecule has 3 rings (SSSR count). The predicted molar refractivity (Wildman–Crippen MR) is 111 cm³/mol. The largest absolute Gasteiger partial charge is 0.497 e. The summed E-state index contributed by atoms with van der Waals surface area (Å²) in [4.78, 5) is 29.4. The zero-order chi connectivity index (χ0) is 20.6. The lowest BCUT2D eigenvalue weighted by Crippen LogP contribution is -2.47. The Bertz CT molecular complexity index is 805. The second kappa shape index (κ2) is 10.0. The van der Waals surface area contributed by atoms with Crippen LogP contribution in [0, 0.1) is 0 Å². The number of hydrogen-bond donors (Lipinski definition) is 1. The summed E-state index contributed by atoms with van der Waals surface area (Å²) in [5.74, 6) is 0.521. The Morgan fingerprint density at radius 2 is 1.76 bits per heavy atom. The van der Waals surface area contributed by atoms with E-state index in [4.69, 9.17) is 9.47 Å². The second-order valence-corrected chi connectivity index (χ2v) is 6.94. The molecule has 0 bridgehead atoms. The van der Waals surface area contributed by atoms with Gasteiger partial charge in [-0.25, -0.2) is 0 Å². The highest BCUT2D eigenvalue weighted by Crippen LogP contribution is 2.23. The molecule has 2 aromatic carbocycles. The van der Waals surface area contributed by atoms with Gasteiger partial charge in [-0.2, -0.15) is 0 Å². The number of morpholine rings is 1. The molecule has 7 nitrogen and oxygen atoms in total. The number of anilines is 1. The summed E-state index contributed by atoms with van der Waals surface area (Å²) < 4.78 is 10.5. The van der Waals surface area contributed by atoms with Crippen molar-refractivity contribution < 1.29 is 19.1 Å². The molecule has 7 heteroatoms. The van der Waals surface area contributed by atoms with Crippen LogP contribution in [-0.2, 0) is 14.3 Å². The molecule has 1 aliphatic heterocycles. The Balaban J connectivity index is 1.70. The Hall–Kier alpha value is -2.90. The molecule has 2 amide bonds. The molecule has 1 aliphatic rings. The highest BCUT2D eigenvalue weighted by atomic mass is 16.5. The Kier molecular flexibility index (Phi) is 7.21. The van der Waals surface area contributed by atoms with Gasteiger partial charge in [-0.05, 0) is 36.9 Å². The third-order valence-electron chi connectivity index (χ3n) is 4.88. The molecule has 29 heavy (non-hydrogen) atoms. The van der Waals surface area contributed by atoms with Gasteiger partial charge in [0.25, 0.3) is 0 Å². The highest BCUT2D eigenvalue weighted by Gasteiger charge is 2.31. The average molecular weight is 397 g/mol. The predicted octanol–water partition coefficient (Wildman–Crippen LogP) is 2.17. The molecule has 1 fully saturated rings. The number of nitrogens with one attached hydrogen (secondary N) is 1. The fourth-order valence-electron chi connectivity index (χ4n) is 3.37. The van der Waals surface area contributed by atoms with E-state index in [1.54, 1.807) is 48.2 Å². The van der Waals surface area contributed by atoms with E-state index in [2.05, 4.69) is 5.32 Å². The molecular weight excluding hydrogens is 370 g/mol. The van der Waals surface area contributed by atoms with Crippen LogP contribution in [0.2, 0.25) is 0 Å². The first-order valence-electron chi connectivity index (χ1n) is 9.64. The van der Waals surface area contributed by atoms with E-state index in [9.17, 15) is 9.59 Å². The van der Waals surface area contributed by atoms with Gasteiger partial charge < -0.3 is 19.7 Å². The standard InChI is InChI=1S/C22H27N3O4/c1-24(16-20(26)23-18-8-10-19(28-2)11-9-18)21(17-6-4-3-5-7-17)22(27)25-12-14-29-15-13-25/h3-11,21H,12-16H2,1-2H3,(H,23,26)/t21-/m0/s1. The number of amides is 2. The summed E-state index contributed by atoms with van der Waals surface area (Å²) in [6, 6.07) is 16.2. The van der Waals surface area contributed by atoms with Crippen LogP contribution in [0.15, 0.2) is 54.6 Å². The lowest BCUT2D eigenvalue weighted by atomic mass is 10.0. The fourth-order valence-corrected chi connectivity index (χ4v) is 3.37. The van der Waals surface area contributed by atoms with Crippen molar-refractivity contribution in [3.05, 3.63) is 60.2 Å². The molecule has 0 unspecified atom stereocenters. The van der Waals surface area contributed by atoms with Crippen molar-refractivity contribution in [2.45, 2.75) is 6.04 Å². The van der Waals surface area contributed by atoms with E-state index in [0.29, 0.717) is 32.0 Å². The first-order chi connectivity index (χ1) is 14.1. The van der Waals surface area contributed by atoms with Gasteiger partial charge in [0.05, 0.1) is 26.9 Å². The quantitative estimate of drug-likeness (QED) is 0.775. The zero-order valence-electron chi connectivity index (χ0n) is 16.8. The monoisotopic (exact) mass is 397 g/mol. The number of carbonyl (C=O) groups is 2. The number of nitrogens with zero attached hydrogens (tertiary/aromatic N) is 2. The number of hydrogen-bond acceptors (Lipinski definition) is 5. The van der Waals surface area contributed by atoms with E-state index < -0.39 is 6.04 Å². The number of carbonyl (C=O) groups excluding carboxylic acids is 2. The van der Waals surface area contributed by atoms with Crippen molar-refractivity contribution in [1.29, 1.82) is 0 Å². The smallest absolute Gasteiger partial charge is 0.244 e. The van der Waals surface area contributed by atoms with Crippen molar-refractivity contribution >= 4 is 17.5 Å². The number of ether oxygens (including phenoxy) is 2. The van der Waals surface area contributed by atoms with E-state index in [-0.39, 0.29) is 18.4 Å². The van der Waals surface area contributed by atoms with E-state index in [1.165, 1.54) is 0 Å². The Labute approximate surface area is 171 Å². The number of methoxy groups -OCH3 is 1. The minimum absolute atomic E-state index is 0.0146. The van der Waals surface area contributed by atoms with Gasteiger partial charge in [-0.15, -0.1) is 0 Å². The van der Waals surface area contributed by atoms with Gasteiger partial charge in [0, 0.05) is 18.8 Å². The summed E-state index contributed by atoms with van der Waals surface area (Å²) in [5, 5.41) is 2.87. The molecule has 1 N–H and O–H groups in total. The maximum Gasteiger partial charge on any atom is 0.244 e. The van der Waals surface area contributed by atoms with Crippen molar-refractivity contribution in [3.63, 3.8) is 0 Å². The van der Waals surface area contributed by atoms with Crippen molar-refractivity contribution in [2.24, 2.45) is 0 Å². The van der Waals surface area contributed by atoms with Crippen LogP contribution in [0.5, 0.6) is 5.75 Å². The zero-order valence-corrected chi connectivity index (χ0v) is 16.8. The van der Waals surface area contributed by atoms with Gasteiger partial charge >= 0.3 is 0 Å². The van der Waals surface area contributed by atoms with Gasteiger partial charge in [0.15, 0.2) is 0 Å². The number of benzene rings is 2. The fraction of sp³-hybridized carbons (Fsp3) is 0.364. The minimum Gasteiger partial charge on any atom is -0.497 e. The highest BCUT2D eigenvalue weighted by molar-refractivity contribution is 5.93. The van der Waals surface area contributed by atoms with Gasteiger partial charge in [-0.1, -0.05) is 30.3 Å². The molecule has 0 saturated carbocycles. The Morgan fingerprint density at radius 3 is 2.38 bits per heavy atom. The van der Waals surface area contributed by atoms with Crippen LogP contribution in [-0.4, -0.2) is 68.6 Å². The molecule has 2 aromatic rings. The van der Waals surface area contributed by atoms with Crippen LogP contribution in [0.4, 0.5) is 5.69 Å². The van der Waals surface area contributed by atoms with Gasteiger partial charge in [0.2, 0.25) is 11.8 Å². The lowest BCUT2D eigenvalue weighted by molar-refractivity contribution is -0.141. The topological polar surface area (TPSA) is 71.1 Å². The molecule has 0 aromatic heterocycles. The second-order valence-electron chi connectivity index (χ2n) is 6.94. The van der Waals surface area contributed by atoms with E-state index in [1.807, 2.05) is 30.3 Å². The summed E-state index contributed by atoms with van der Waals surface area (Å²) in [7, 11) is 3.39. The third-order valence-corrected chi connectivity index (χ3v) is 4.88. The molecule has 154 valence electrons. The van der Waals surface area contributed by atoms with Crippen LogP contribution in [0.25, 0.3) is 0 Å². The molecular formula is C22H27N3O4. The SMILES string of the molecule is COc1ccc(NC(=O)CN(C)[C@H](C(=O)N2CCOCC2)c2ccccc2)cc1. The molecule has 1 saturated heterocycles. The number of likely N-dealkylation sites (N-methyl/N-ethyl adjacent to an activating group) is 1. The van der Waals surface area contributed by atoms with Crippen LogP contribution in [0.1, 0.15) is 11.6 Å². The number of rotatable bonds is 7. The molecule has 0 spiro atoms. The Morgan fingerprint density at radius 1 is 1.10 bits per heavy atom. The lowest BCUT2D eigenvalue weighted by Gasteiger charge is -2.34. The minimum atomic E-state index is -0.532. The maximum atomic E-state index is 13.2. The van der Waals surface area contributed by atoms with Crippen molar-refractivity contribution in [3.8, 4) is 5.75 Å². The summed E-state index contributed by atoms with van der Waals surface area (Å²) in [6.45, 7) is 2.29. The molecule has 0 radical (unpaired) electrons. The van der Waals surface area contributed by atoms with Gasteiger partial charge in [-0.3, -0.25) is 14.5 Å². The van der Waals surface area contributed by atoms with Gasteiger partial charge in [0.1, 0.15) is 11.8 Å². The van der Waals surface area contributed by atoms with E-state index >= 15 is 0 Å². The van der Waals surface area contributed by atoms with Crippen molar-refractivity contribution in [1.82, 2.24) is 9.80 Å². The molecule has 1 atom stereocenters. The van der Waals surface area contributed by atoms with Crippen molar-refractivity contribution in [2.75, 3.05) is 52.3 Å².